The summed E-state index contributed by atoms with van der Waals surface area (Å²) >= 11 is 5.61. The van der Waals surface area contributed by atoms with Crippen molar-refractivity contribution in [3.8, 4) is 5.75 Å². The number of carbonyl (C=O) groups is 2. The average Bonchev–Trinajstić information content (AvgIpc) is 3.07. The summed E-state index contributed by atoms with van der Waals surface area (Å²) in [6.07, 6.45) is 5.83. The Kier molecular flexibility index (Phi) is 3.99. The Hall–Kier alpha value is -2.41. The van der Waals surface area contributed by atoms with E-state index in [-0.39, 0.29) is 40.0 Å². The third kappa shape index (κ3) is 3.07. The molecule has 2 bridgehead atoms. The number of aromatic nitrogens is 2. The number of nitrogens with one attached hydrogen (secondary N) is 2. The standard InChI is InChI=1S/C18H17ClFN3O3/c19-14-2-1-13(3-15(14)20)26-7-12(24)4-17-8-18(9-17,10-17)23-16(25)11-5-21-22-6-11/h1-3,5-6H,4,7-10H2,(H,21,22)(H,23,25). The highest BCUT2D eigenvalue weighted by Gasteiger charge is 2.68. The van der Waals surface area contributed by atoms with Gasteiger partial charge < -0.3 is 10.1 Å². The van der Waals surface area contributed by atoms with Crippen LogP contribution >= 0.6 is 11.6 Å². The van der Waals surface area contributed by atoms with Crippen molar-refractivity contribution in [2.24, 2.45) is 5.41 Å². The Morgan fingerprint density at radius 2 is 2.12 bits per heavy atom. The van der Waals surface area contributed by atoms with Crippen molar-refractivity contribution in [3.63, 3.8) is 0 Å². The zero-order valence-electron chi connectivity index (χ0n) is 13.9. The number of ketones is 1. The number of halogens is 2. The highest BCUT2D eigenvalue weighted by Crippen LogP contribution is 2.69. The highest BCUT2D eigenvalue weighted by molar-refractivity contribution is 6.30. The number of hydrogen-bond donors (Lipinski definition) is 2. The Balaban J connectivity index is 1.23. The Morgan fingerprint density at radius 3 is 2.77 bits per heavy atom. The van der Waals surface area contributed by atoms with Gasteiger partial charge in [0.15, 0.2) is 5.78 Å². The molecule has 2 aromatic rings. The molecule has 0 unspecified atom stereocenters. The lowest BCUT2D eigenvalue weighted by Gasteiger charge is -2.70. The number of benzene rings is 1. The molecule has 5 rings (SSSR count). The van der Waals surface area contributed by atoms with Gasteiger partial charge in [0.2, 0.25) is 0 Å². The van der Waals surface area contributed by atoms with Gasteiger partial charge in [-0.15, -0.1) is 0 Å². The third-order valence-electron chi connectivity index (χ3n) is 5.14. The van der Waals surface area contributed by atoms with Gasteiger partial charge >= 0.3 is 0 Å². The fraction of sp³-hybridized carbons (Fsp3) is 0.389. The molecule has 26 heavy (non-hydrogen) atoms. The molecule has 0 radical (unpaired) electrons. The smallest absolute Gasteiger partial charge is 0.254 e. The van der Waals surface area contributed by atoms with Crippen LogP contribution in [0.4, 0.5) is 4.39 Å². The minimum atomic E-state index is -0.577. The topological polar surface area (TPSA) is 84.1 Å². The molecule has 6 nitrogen and oxygen atoms in total. The molecule has 0 saturated heterocycles. The summed E-state index contributed by atoms with van der Waals surface area (Å²) in [7, 11) is 0. The van der Waals surface area contributed by atoms with E-state index in [9.17, 15) is 14.0 Å². The highest BCUT2D eigenvalue weighted by atomic mass is 35.5. The second-order valence-electron chi connectivity index (χ2n) is 7.33. The van der Waals surface area contributed by atoms with Crippen molar-refractivity contribution < 1.29 is 18.7 Å². The maximum absolute atomic E-state index is 13.4. The van der Waals surface area contributed by atoms with E-state index >= 15 is 0 Å². The van der Waals surface area contributed by atoms with Gasteiger partial charge in [-0.25, -0.2) is 4.39 Å². The zero-order valence-corrected chi connectivity index (χ0v) is 14.6. The summed E-state index contributed by atoms with van der Waals surface area (Å²) in [6, 6.07) is 4.08. The lowest BCUT2D eigenvalue weighted by atomic mass is 9.38. The molecule has 136 valence electrons. The Labute approximate surface area is 154 Å². The van der Waals surface area contributed by atoms with E-state index in [1.165, 1.54) is 18.3 Å². The van der Waals surface area contributed by atoms with Gasteiger partial charge in [-0.2, -0.15) is 5.10 Å². The molecule has 0 aliphatic heterocycles. The first-order valence-electron chi connectivity index (χ1n) is 8.30. The van der Waals surface area contributed by atoms with Crippen LogP contribution in [0.5, 0.6) is 5.75 Å². The second kappa shape index (κ2) is 6.09. The molecule has 3 aliphatic rings. The van der Waals surface area contributed by atoms with E-state index in [1.807, 2.05) is 0 Å². The van der Waals surface area contributed by atoms with E-state index in [1.54, 1.807) is 6.20 Å². The first-order chi connectivity index (χ1) is 12.4. The van der Waals surface area contributed by atoms with E-state index in [4.69, 9.17) is 16.3 Å². The molecule has 1 aromatic carbocycles. The van der Waals surface area contributed by atoms with E-state index in [0.717, 1.165) is 25.3 Å². The zero-order chi connectivity index (χ0) is 18.4. The van der Waals surface area contributed by atoms with Crippen LogP contribution < -0.4 is 10.1 Å². The van der Waals surface area contributed by atoms with Gasteiger partial charge in [0, 0.05) is 24.2 Å². The minimum absolute atomic E-state index is 0.0142. The summed E-state index contributed by atoms with van der Waals surface area (Å²) in [5.41, 5.74) is 0.285. The molecule has 1 amide bonds. The number of H-pyrrole nitrogens is 1. The summed E-state index contributed by atoms with van der Waals surface area (Å²) in [5, 5.41) is 9.42. The van der Waals surface area contributed by atoms with Crippen LogP contribution in [0.1, 0.15) is 36.0 Å². The summed E-state index contributed by atoms with van der Waals surface area (Å²) in [5.74, 6) is -0.477. The molecule has 8 heteroatoms. The van der Waals surface area contributed by atoms with Crippen LogP contribution in [-0.4, -0.2) is 34.0 Å². The number of aromatic amines is 1. The second-order valence-corrected chi connectivity index (χ2v) is 7.74. The molecular formula is C18H17ClFN3O3. The van der Waals surface area contributed by atoms with Crippen molar-refractivity contribution in [2.45, 2.75) is 31.2 Å². The van der Waals surface area contributed by atoms with Crippen LogP contribution in [-0.2, 0) is 4.79 Å². The number of amides is 1. The lowest BCUT2D eigenvalue weighted by Crippen LogP contribution is -2.75. The molecule has 3 aliphatic carbocycles. The van der Waals surface area contributed by atoms with Crippen LogP contribution in [0, 0.1) is 11.2 Å². The van der Waals surface area contributed by atoms with E-state index < -0.39 is 5.82 Å². The number of nitrogens with zero attached hydrogens (tertiary/aromatic N) is 1. The van der Waals surface area contributed by atoms with Crippen LogP contribution in [0.15, 0.2) is 30.6 Å². The largest absolute Gasteiger partial charge is 0.486 e. The third-order valence-corrected chi connectivity index (χ3v) is 5.45. The number of ether oxygens (including phenoxy) is 1. The Morgan fingerprint density at radius 1 is 1.35 bits per heavy atom. The summed E-state index contributed by atoms with van der Waals surface area (Å²) in [4.78, 5) is 24.2. The van der Waals surface area contributed by atoms with Gasteiger partial charge in [0.1, 0.15) is 18.2 Å². The predicted octanol–water partition coefficient (Wildman–Crippen LogP) is 2.89. The van der Waals surface area contributed by atoms with E-state index in [2.05, 4.69) is 15.5 Å². The van der Waals surface area contributed by atoms with Crippen molar-refractivity contribution in [2.75, 3.05) is 6.61 Å². The quantitative estimate of drug-likeness (QED) is 0.777. The van der Waals surface area contributed by atoms with Gasteiger partial charge in [-0.1, -0.05) is 11.6 Å². The maximum Gasteiger partial charge on any atom is 0.254 e. The van der Waals surface area contributed by atoms with Crippen molar-refractivity contribution in [3.05, 3.63) is 47.0 Å². The molecule has 3 fully saturated rings. The van der Waals surface area contributed by atoms with Gasteiger partial charge in [-0.3, -0.25) is 14.7 Å². The van der Waals surface area contributed by atoms with Crippen LogP contribution in [0.25, 0.3) is 0 Å². The number of carbonyl (C=O) groups excluding carboxylic acids is 2. The minimum Gasteiger partial charge on any atom is -0.486 e. The molecule has 0 spiro atoms. The number of hydrogen-bond acceptors (Lipinski definition) is 4. The SMILES string of the molecule is O=C(COc1ccc(Cl)c(F)c1)CC12CC(NC(=O)c3cn[nH]c3)(C1)C2. The van der Waals surface area contributed by atoms with Crippen molar-refractivity contribution >= 4 is 23.3 Å². The first kappa shape index (κ1) is 17.0. The lowest BCUT2D eigenvalue weighted by molar-refractivity contribution is -0.162. The van der Waals surface area contributed by atoms with Crippen LogP contribution in [0.2, 0.25) is 5.02 Å². The molecule has 0 atom stereocenters. The van der Waals surface area contributed by atoms with Gasteiger partial charge in [0.25, 0.3) is 5.91 Å². The predicted molar refractivity (Wildman–Crippen MR) is 91.6 cm³/mol. The molecule has 1 heterocycles. The van der Waals surface area contributed by atoms with Gasteiger partial charge in [-0.05, 0) is 36.8 Å². The number of Topliss-reactive ketones (excluding diaryl/α,β-unsaturated/α-hetero) is 1. The normalized spacial score (nSPS) is 25.8. The fourth-order valence-corrected chi connectivity index (χ4v) is 4.32. The molecule has 3 saturated carbocycles. The average molecular weight is 378 g/mol. The van der Waals surface area contributed by atoms with Crippen molar-refractivity contribution in [1.29, 1.82) is 0 Å². The van der Waals surface area contributed by atoms with Gasteiger partial charge in [0.05, 0.1) is 16.8 Å². The first-order valence-corrected chi connectivity index (χ1v) is 8.67. The summed E-state index contributed by atoms with van der Waals surface area (Å²) < 4.78 is 18.7. The maximum atomic E-state index is 13.4. The molecule has 2 N–H and O–H groups in total. The summed E-state index contributed by atoms with van der Waals surface area (Å²) in [6.45, 7) is -0.1000. The van der Waals surface area contributed by atoms with Crippen molar-refractivity contribution in [1.82, 2.24) is 15.5 Å². The van der Waals surface area contributed by atoms with E-state index in [0.29, 0.717) is 12.0 Å². The monoisotopic (exact) mass is 377 g/mol. The fourth-order valence-electron chi connectivity index (χ4n) is 4.21. The van der Waals surface area contributed by atoms with Crippen LogP contribution in [0.3, 0.4) is 0 Å². The molecular weight excluding hydrogens is 361 g/mol. The molecule has 1 aromatic heterocycles. The number of rotatable bonds is 7. The Bertz CT molecular complexity index is 849.